The van der Waals surface area contributed by atoms with E-state index in [-0.39, 0.29) is 0 Å². The Bertz CT molecular complexity index is 263. The van der Waals surface area contributed by atoms with E-state index in [0.29, 0.717) is 6.42 Å². The lowest BCUT2D eigenvalue weighted by Gasteiger charge is -1.99. The van der Waals surface area contributed by atoms with Crippen LogP contribution in [0.2, 0.25) is 0 Å². The average molecular weight is 191 g/mol. The Morgan fingerprint density at radius 1 is 1.23 bits per heavy atom. The van der Waals surface area contributed by atoms with Crippen molar-refractivity contribution in [1.29, 1.82) is 5.26 Å². The molecule has 13 heavy (non-hydrogen) atoms. The van der Waals surface area contributed by atoms with Crippen LogP contribution < -0.4 is 0 Å². The number of rotatable bonds is 5. The summed E-state index contributed by atoms with van der Waals surface area (Å²) in [7, 11) is 0. The fraction of sp³-hybridized carbons (Fsp3) is 0.364. The summed E-state index contributed by atoms with van der Waals surface area (Å²) in [5.41, 5.74) is 1.37. The minimum Gasteiger partial charge on any atom is -0.198 e. The summed E-state index contributed by atoms with van der Waals surface area (Å²) in [5, 5.41) is 8.32. The van der Waals surface area contributed by atoms with Crippen LogP contribution in [0, 0.1) is 11.3 Å². The minimum atomic E-state index is 0.682. The van der Waals surface area contributed by atoms with E-state index >= 15 is 0 Å². The summed E-state index contributed by atoms with van der Waals surface area (Å²) in [5.74, 6) is 2.15. The maximum Gasteiger partial charge on any atom is 0.0622 e. The topological polar surface area (TPSA) is 23.8 Å². The smallest absolute Gasteiger partial charge is 0.0622 e. The quantitative estimate of drug-likeness (QED) is 0.667. The van der Waals surface area contributed by atoms with Crippen LogP contribution in [0.4, 0.5) is 0 Å². The molecule has 0 unspecified atom stereocenters. The van der Waals surface area contributed by atoms with E-state index in [1.54, 1.807) is 0 Å². The lowest BCUT2D eigenvalue weighted by Crippen LogP contribution is -1.82. The summed E-state index contributed by atoms with van der Waals surface area (Å²) < 4.78 is 0. The zero-order chi connectivity index (χ0) is 9.36. The number of benzene rings is 1. The molecule has 0 aliphatic carbocycles. The fourth-order valence-electron chi connectivity index (χ4n) is 1.02. The molecule has 0 bridgehead atoms. The normalized spacial score (nSPS) is 9.46. The highest BCUT2D eigenvalue weighted by Gasteiger charge is 1.91. The Kier molecular flexibility index (Phi) is 5.12. The van der Waals surface area contributed by atoms with Gasteiger partial charge in [0.15, 0.2) is 0 Å². The van der Waals surface area contributed by atoms with E-state index in [1.807, 2.05) is 17.8 Å². The third-order valence-electron chi connectivity index (χ3n) is 1.69. The first-order valence-corrected chi connectivity index (χ1v) is 5.57. The monoisotopic (exact) mass is 191 g/mol. The molecule has 0 N–H and O–H groups in total. The van der Waals surface area contributed by atoms with Gasteiger partial charge in [-0.2, -0.15) is 17.0 Å². The molecule has 1 aromatic rings. The van der Waals surface area contributed by atoms with E-state index < -0.39 is 0 Å². The molecular formula is C11H13NS. The van der Waals surface area contributed by atoms with Crippen molar-refractivity contribution in [2.24, 2.45) is 0 Å². The van der Waals surface area contributed by atoms with Gasteiger partial charge in [-0.25, -0.2) is 0 Å². The number of nitriles is 1. The molecule has 1 rings (SSSR count). The maximum absolute atomic E-state index is 8.32. The summed E-state index contributed by atoms with van der Waals surface area (Å²) in [6.07, 6.45) is 1.69. The highest BCUT2D eigenvalue weighted by Crippen LogP contribution is 2.12. The summed E-state index contributed by atoms with van der Waals surface area (Å²) in [6, 6.07) is 12.6. The Hall–Kier alpha value is -0.940. The lowest BCUT2D eigenvalue weighted by molar-refractivity contribution is 0.981. The molecule has 0 saturated heterocycles. The first kappa shape index (κ1) is 10.1. The number of hydrogen-bond acceptors (Lipinski definition) is 2. The second-order valence-electron chi connectivity index (χ2n) is 2.80. The molecule has 0 atom stereocenters. The third kappa shape index (κ3) is 4.59. The van der Waals surface area contributed by atoms with Crippen molar-refractivity contribution in [3.05, 3.63) is 35.9 Å². The van der Waals surface area contributed by atoms with Gasteiger partial charge in [-0.05, 0) is 17.7 Å². The van der Waals surface area contributed by atoms with E-state index in [1.165, 1.54) is 5.56 Å². The summed E-state index contributed by atoms with van der Waals surface area (Å²) >= 11 is 1.90. The van der Waals surface area contributed by atoms with Crippen molar-refractivity contribution < 1.29 is 0 Å². The zero-order valence-corrected chi connectivity index (χ0v) is 8.39. The molecule has 68 valence electrons. The molecular weight excluding hydrogens is 178 g/mol. The van der Waals surface area contributed by atoms with Crippen LogP contribution in [0.15, 0.2) is 30.3 Å². The van der Waals surface area contributed by atoms with Crippen LogP contribution in [-0.2, 0) is 5.75 Å². The number of nitrogens with zero attached hydrogens (tertiary/aromatic N) is 1. The first-order chi connectivity index (χ1) is 6.43. The van der Waals surface area contributed by atoms with Gasteiger partial charge in [-0.1, -0.05) is 30.3 Å². The van der Waals surface area contributed by atoms with Gasteiger partial charge < -0.3 is 0 Å². The number of unbranched alkanes of at least 4 members (excludes halogenated alkanes) is 1. The molecule has 0 radical (unpaired) electrons. The average Bonchev–Trinajstić information content (AvgIpc) is 2.19. The van der Waals surface area contributed by atoms with Gasteiger partial charge in [0.25, 0.3) is 0 Å². The van der Waals surface area contributed by atoms with Gasteiger partial charge in [-0.15, -0.1) is 0 Å². The van der Waals surface area contributed by atoms with Gasteiger partial charge in [0.2, 0.25) is 0 Å². The Labute approximate surface area is 83.8 Å². The largest absolute Gasteiger partial charge is 0.198 e. The van der Waals surface area contributed by atoms with Gasteiger partial charge in [-0.3, -0.25) is 0 Å². The van der Waals surface area contributed by atoms with Crippen molar-refractivity contribution in [1.82, 2.24) is 0 Å². The highest BCUT2D eigenvalue weighted by atomic mass is 32.2. The van der Waals surface area contributed by atoms with Crippen LogP contribution in [0.5, 0.6) is 0 Å². The summed E-state index contributed by atoms with van der Waals surface area (Å²) in [4.78, 5) is 0. The zero-order valence-electron chi connectivity index (χ0n) is 7.57. The van der Waals surface area contributed by atoms with Crippen molar-refractivity contribution in [3.63, 3.8) is 0 Å². The van der Waals surface area contributed by atoms with Crippen molar-refractivity contribution in [3.8, 4) is 6.07 Å². The predicted molar refractivity (Wildman–Crippen MR) is 57.5 cm³/mol. The van der Waals surface area contributed by atoms with Crippen LogP contribution in [0.25, 0.3) is 0 Å². The minimum absolute atomic E-state index is 0.682. The molecule has 0 heterocycles. The Balaban J connectivity index is 2.11. The maximum atomic E-state index is 8.32. The molecule has 1 nitrogen and oxygen atoms in total. The SMILES string of the molecule is N#CCCCSCc1ccccc1. The molecule has 0 fully saturated rings. The second kappa shape index (κ2) is 6.56. The predicted octanol–water partition coefficient (Wildman–Crippen LogP) is 3.22. The van der Waals surface area contributed by atoms with Gasteiger partial charge in [0, 0.05) is 12.2 Å². The molecule has 0 spiro atoms. The van der Waals surface area contributed by atoms with E-state index in [4.69, 9.17) is 5.26 Å². The van der Waals surface area contributed by atoms with E-state index in [9.17, 15) is 0 Å². The molecule has 2 heteroatoms. The molecule has 0 aliphatic rings. The third-order valence-corrected chi connectivity index (χ3v) is 2.80. The van der Waals surface area contributed by atoms with E-state index in [2.05, 4.69) is 30.3 Å². The van der Waals surface area contributed by atoms with Gasteiger partial charge in [0.1, 0.15) is 0 Å². The van der Waals surface area contributed by atoms with Crippen LogP contribution in [-0.4, -0.2) is 5.75 Å². The molecule has 0 aliphatic heterocycles. The van der Waals surface area contributed by atoms with E-state index in [0.717, 1.165) is 17.9 Å². The van der Waals surface area contributed by atoms with Crippen LogP contribution >= 0.6 is 11.8 Å². The van der Waals surface area contributed by atoms with Crippen LogP contribution in [0.1, 0.15) is 18.4 Å². The molecule has 1 aromatic carbocycles. The second-order valence-corrected chi connectivity index (χ2v) is 3.91. The number of hydrogen-bond donors (Lipinski definition) is 0. The molecule has 0 saturated carbocycles. The molecule has 0 amide bonds. The molecule has 0 aromatic heterocycles. The lowest BCUT2D eigenvalue weighted by atomic mass is 10.2. The van der Waals surface area contributed by atoms with Crippen LogP contribution in [0.3, 0.4) is 0 Å². The summed E-state index contributed by atoms with van der Waals surface area (Å²) in [6.45, 7) is 0. The fourth-order valence-corrected chi connectivity index (χ4v) is 1.94. The van der Waals surface area contributed by atoms with Crippen molar-refractivity contribution >= 4 is 11.8 Å². The number of thioether (sulfide) groups is 1. The highest BCUT2D eigenvalue weighted by molar-refractivity contribution is 7.98. The Morgan fingerprint density at radius 2 is 2.00 bits per heavy atom. The van der Waals surface area contributed by atoms with Gasteiger partial charge in [0.05, 0.1) is 6.07 Å². The van der Waals surface area contributed by atoms with Crippen molar-refractivity contribution in [2.45, 2.75) is 18.6 Å². The Morgan fingerprint density at radius 3 is 2.69 bits per heavy atom. The standard InChI is InChI=1S/C11H13NS/c12-8-4-5-9-13-10-11-6-2-1-3-7-11/h1-3,6-7H,4-5,9-10H2. The first-order valence-electron chi connectivity index (χ1n) is 4.42. The van der Waals surface area contributed by atoms with Crippen molar-refractivity contribution in [2.75, 3.05) is 5.75 Å². The van der Waals surface area contributed by atoms with Gasteiger partial charge >= 0.3 is 0 Å².